The number of thiazole rings is 1. The second-order valence-corrected chi connectivity index (χ2v) is 9.94. The van der Waals surface area contributed by atoms with Crippen LogP contribution in [-0.2, 0) is 5.75 Å². The van der Waals surface area contributed by atoms with Crippen LogP contribution in [0.4, 0.5) is 0 Å². The molecule has 0 aliphatic carbocycles. The van der Waals surface area contributed by atoms with E-state index in [9.17, 15) is 4.79 Å². The number of thioether (sulfide) groups is 1. The number of carbonyl (C=O) groups excluding carboxylic acids is 1. The summed E-state index contributed by atoms with van der Waals surface area (Å²) in [4.78, 5) is 17.2. The second-order valence-electron chi connectivity index (χ2n) is 7.62. The summed E-state index contributed by atoms with van der Waals surface area (Å²) in [5, 5.41) is 15.6. The lowest BCUT2D eigenvalue weighted by molar-refractivity contribution is 0.0935. The molecule has 5 aromatic rings. The highest BCUT2D eigenvalue weighted by Crippen LogP contribution is 2.31. The van der Waals surface area contributed by atoms with Crippen molar-refractivity contribution in [1.82, 2.24) is 25.1 Å². The molecular weight excluding hydrogens is 502 g/mol. The standard InChI is InChI=1S/C25H20ClN5O2S2/c1-16(17-7-3-2-4-8-17)27-24(32)20-14-34-22(28-20)15-35-25-30-29-23(21-11-6-12-33-21)31(25)19-10-5-9-18(26)13-19/h2-14,16H,15H2,1H3,(H,27,32). The van der Waals surface area contributed by atoms with Gasteiger partial charge in [0.25, 0.3) is 5.91 Å². The molecule has 1 atom stereocenters. The van der Waals surface area contributed by atoms with Crippen LogP contribution >= 0.6 is 34.7 Å². The smallest absolute Gasteiger partial charge is 0.271 e. The van der Waals surface area contributed by atoms with Crippen LogP contribution in [0.15, 0.2) is 87.9 Å². The Morgan fingerprint density at radius 1 is 1.14 bits per heavy atom. The number of aromatic nitrogens is 4. The normalized spacial score (nSPS) is 11.9. The van der Waals surface area contributed by atoms with Crippen LogP contribution in [0.25, 0.3) is 17.3 Å². The Labute approximate surface area is 215 Å². The van der Waals surface area contributed by atoms with Crippen LogP contribution in [-0.4, -0.2) is 25.7 Å². The third kappa shape index (κ3) is 5.32. The molecule has 1 N–H and O–H groups in total. The summed E-state index contributed by atoms with van der Waals surface area (Å²) in [7, 11) is 0. The highest BCUT2D eigenvalue weighted by atomic mass is 35.5. The van der Waals surface area contributed by atoms with Gasteiger partial charge in [0.1, 0.15) is 10.7 Å². The number of amides is 1. The first kappa shape index (κ1) is 23.3. The fourth-order valence-electron chi connectivity index (χ4n) is 3.48. The zero-order valence-corrected chi connectivity index (χ0v) is 21.0. The molecule has 0 aliphatic rings. The molecule has 1 amide bonds. The number of benzene rings is 2. The van der Waals surface area contributed by atoms with Gasteiger partial charge in [-0.15, -0.1) is 21.5 Å². The van der Waals surface area contributed by atoms with Gasteiger partial charge in [-0.25, -0.2) is 4.98 Å². The van der Waals surface area contributed by atoms with Gasteiger partial charge in [-0.2, -0.15) is 0 Å². The number of hydrogen-bond donors (Lipinski definition) is 1. The number of rotatable bonds is 8. The molecule has 0 bridgehead atoms. The number of nitrogens with one attached hydrogen (secondary N) is 1. The van der Waals surface area contributed by atoms with Crippen molar-refractivity contribution in [1.29, 1.82) is 0 Å². The molecule has 3 aromatic heterocycles. The van der Waals surface area contributed by atoms with Crippen molar-refractivity contribution in [3.05, 3.63) is 99.7 Å². The Bertz CT molecular complexity index is 1430. The quantitative estimate of drug-likeness (QED) is 0.237. The predicted molar refractivity (Wildman–Crippen MR) is 138 cm³/mol. The van der Waals surface area contributed by atoms with Gasteiger partial charge in [-0.3, -0.25) is 9.36 Å². The Kier molecular flexibility index (Phi) is 6.98. The van der Waals surface area contributed by atoms with Gasteiger partial charge in [-0.05, 0) is 42.8 Å². The molecule has 176 valence electrons. The molecule has 35 heavy (non-hydrogen) atoms. The summed E-state index contributed by atoms with van der Waals surface area (Å²) in [6.45, 7) is 1.95. The van der Waals surface area contributed by atoms with Gasteiger partial charge >= 0.3 is 0 Å². The Morgan fingerprint density at radius 3 is 2.77 bits per heavy atom. The van der Waals surface area contributed by atoms with Crippen molar-refractivity contribution in [3.8, 4) is 17.3 Å². The maximum absolute atomic E-state index is 12.7. The summed E-state index contributed by atoms with van der Waals surface area (Å²) >= 11 is 9.16. The second kappa shape index (κ2) is 10.5. The van der Waals surface area contributed by atoms with E-state index in [1.54, 1.807) is 17.7 Å². The molecule has 0 radical (unpaired) electrons. The van der Waals surface area contributed by atoms with Crippen molar-refractivity contribution in [2.45, 2.75) is 23.9 Å². The molecule has 2 aromatic carbocycles. The van der Waals surface area contributed by atoms with Crippen molar-refractivity contribution in [3.63, 3.8) is 0 Å². The van der Waals surface area contributed by atoms with Crippen LogP contribution in [0.3, 0.4) is 0 Å². The monoisotopic (exact) mass is 521 g/mol. The number of hydrogen-bond acceptors (Lipinski definition) is 7. The molecule has 3 heterocycles. The average Bonchev–Trinajstić information content (AvgIpc) is 3.64. The lowest BCUT2D eigenvalue weighted by Crippen LogP contribution is -2.26. The number of furan rings is 1. The number of nitrogens with zero attached hydrogens (tertiary/aromatic N) is 4. The van der Waals surface area contributed by atoms with E-state index in [-0.39, 0.29) is 11.9 Å². The van der Waals surface area contributed by atoms with Crippen LogP contribution in [0.2, 0.25) is 5.02 Å². The minimum atomic E-state index is -0.198. The van der Waals surface area contributed by atoms with Crippen LogP contribution < -0.4 is 5.32 Å². The van der Waals surface area contributed by atoms with Crippen molar-refractivity contribution >= 4 is 40.6 Å². The Morgan fingerprint density at radius 2 is 2.00 bits per heavy atom. The summed E-state index contributed by atoms with van der Waals surface area (Å²) in [5.41, 5.74) is 2.27. The van der Waals surface area contributed by atoms with E-state index in [4.69, 9.17) is 16.0 Å². The average molecular weight is 522 g/mol. The summed E-state index contributed by atoms with van der Waals surface area (Å²) in [5.74, 6) is 1.51. The third-order valence-electron chi connectivity index (χ3n) is 5.20. The van der Waals surface area contributed by atoms with Gasteiger partial charge in [0.15, 0.2) is 10.9 Å². The molecule has 7 nitrogen and oxygen atoms in total. The molecular formula is C25H20ClN5O2S2. The summed E-state index contributed by atoms with van der Waals surface area (Å²) in [6.07, 6.45) is 1.60. The SMILES string of the molecule is CC(NC(=O)c1csc(CSc2nnc(-c3ccco3)n2-c2cccc(Cl)c2)n1)c1ccccc1. The van der Waals surface area contributed by atoms with Crippen molar-refractivity contribution < 1.29 is 9.21 Å². The van der Waals surface area contributed by atoms with E-state index in [2.05, 4.69) is 20.5 Å². The summed E-state index contributed by atoms with van der Waals surface area (Å²) in [6, 6.07) is 20.8. The van der Waals surface area contributed by atoms with E-state index < -0.39 is 0 Å². The Hall–Kier alpha value is -3.40. The topological polar surface area (TPSA) is 85.8 Å². The first-order chi connectivity index (χ1) is 17.1. The summed E-state index contributed by atoms with van der Waals surface area (Å²) < 4.78 is 7.46. The van der Waals surface area contributed by atoms with E-state index in [1.807, 2.05) is 72.2 Å². The van der Waals surface area contributed by atoms with E-state index in [0.717, 1.165) is 16.3 Å². The maximum atomic E-state index is 12.7. The minimum absolute atomic E-state index is 0.112. The lowest BCUT2D eigenvalue weighted by Gasteiger charge is -2.13. The van der Waals surface area contributed by atoms with Gasteiger partial charge in [0.2, 0.25) is 5.82 Å². The molecule has 0 fully saturated rings. The number of halogens is 1. The molecule has 0 aliphatic heterocycles. The zero-order valence-electron chi connectivity index (χ0n) is 18.6. The first-order valence-electron chi connectivity index (χ1n) is 10.8. The molecule has 0 spiro atoms. The molecule has 5 rings (SSSR count). The van der Waals surface area contributed by atoms with Gasteiger partial charge in [0.05, 0.1) is 23.7 Å². The van der Waals surface area contributed by atoms with Gasteiger partial charge in [0, 0.05) is 10.4 Å². The molecule has 0 saturated carbocycles. The highest BCUT2D eigenvalue weighted by molar-refractivity contribution is 7.98. The molecule has 0 saturated heterocycles. The van der Waals surface area contributed by atoms with Gasteiger partial charge < -0.3 is 9.73 Å². The third-order valence-corrected chi connectivity index (χ3v) is 7.40. The first-order valence-corrected chi connectivity index (χ1v) is 13.0. The fraction of sp³-hybridized carbons (Fsp3) is 0.120. The zero-order chi connectivity index (χ0) is 24.2. The van der Waals surface area contributed by atoms with Crippen LogP contribution in [0.1, 0.15) is 34.0 Å². The van der Waals surface area contributed by atoms with E-state index in [0.29, 0.717) is 33.2 Å². The molecule has 1 unspecified atom stereocenters. The largest absolute Gasteiger partial charge is 0.461 e. The molecule has 10 heteroatoms. The Balaban J connectivity index is 1.32. The van der Waals surface area contributed by atoms with Crippen molar-refractivity contribution in [2.24, 2.45) is 0 Å². The van der Waals surface area contributed by atoms with Gasteiger partial charge in [-0.1, -0.05) is 59.8 Å². The van der Waals surface area contributed by atoms with Crippen LogP contribution in [0.5, 0.6) is 0 Å². The fourth-order valence-corrected chi connectivity index (χ4v) is 5.41. The van der Waals surface area contributed by atoms with Crippen LogP contribution in [0, 0.1) is 0 Å². The van der Waals surface area contributed by atoms with E-state index >= 15 is 0 Å². The minimum Gasteiger partial charge on any atom is -0.461 e. The predicted octanol–water partition coefficient (Wildman–Crippen LogP) is 6.42. The van der Waals surface area contributed by atoms with Crippen molar-refractivity contribution in [2.75, 3.05) is 0 Å². The van der Waals surface area contributed by atoms with E-state index in [1.165, 1.54) is 23.1 Å². The number of carbonyl (C=O) groups is 1. The highest BCUT2D eigenvalue weighted by Gasteiger charge is 2.20. The maximum Gasteiger partial charge on any atom is 0.271 e. The lowest BCUT2D eigenvalue weighted by atomic mass is 10.1.